The monoisotopic (exact) mass is 175 g/mol. The van der Waals surface area contributed by atoms with Crippen LogP contribution in [0, 0.1) is 0 Å². The Morgan fingerprint density at radius 3 is 3.09 bits per heavy atom. The molecule has 1 saturated heterocycles. The molecule has 0 aliphatic carbocycles. The molecule has 0 bridgehead atoms. The van der Waals surface area contributed by atoms with Crippen molar-refractivity contribution in [3.8, 4) is 0 Å². The molecule has 4 heteroatoms. The summed E-state index contributed by atoms with van der Waals surface area (Å²) in [6, 6.07) is 0.421. The lowest BCUT2D eigenvalue weighted by molar-refractivity contribution is -0.138. The highest BCUT2D eigenvalue weighted by molar-refractivity contribution is 7.99. The zero-order chi connectivity index (χ0) is 8.27. The van der Waals surface area contributed by atoms with Crippen LogP contribution in [0.15, 0.2) is 0 Å². The molecular formula is C7H13NO2S. The Kier molecular flexibility index (Phi) is 3.20. The number of rotatable bonds is 2. The number of nitrogens with zero attached hydrogens (tertiary/aromatic N) is 1. The standard InChI is InChI=1S/C7H13NO2S/c1-6-5-11-3-2-8(6)4-7(9)10/h6H,2-5H2,1H3,(H,9,10). The first-order chi connectivity index (χ1) is 5.20. The Hall–Kier alpha value is -0.220. The lowest BCUT2D eigenvalue weighted by Crippen LogP contribution is -2.43. The molecule has 1 unspecified atom stereocenters. The van der Waals surface area contributed by atoms with Crippen LogP contribution < -0.4 is 0 Å². The highest BCUT2D eigenvalue weighted by atomic mass is 32.2. The lowest BCUT2D eigenvalue weighted by atomic mass is 10.3. The van der Waals surface area contributed by atoms with Gasteiger partial charge >= 0.3 is 5.97 Å². The number of carboxylic acid groups (broad SMARTS) is 1. The third-order valence-electron chi connectivity index (χ3n) is 1.84. The van der Waals surface area contributed by atoms with E-state index in [0.717, 1.165) is 18.1 Å². The van der Waals surface area contributed by atoms with Crippen LogP contribution in [0.5, 0.6) is 0 Å². The van der Waals surface area contributed by atoms with Gasteiger partial charge in [0.05, 0.1) is 6.54 Å². The lowest BCUT2D eigenvalue weighted by Gasteiger charge is -2.31. The van der Waals surface area contributed by atoms with E-state index in [-0.39, 0.29) is 6.54 Å². The molecule has 1 N–H and O–H groups in total. The quantitative estimate of drug-likeness (QED) is 0.664. The van der Waals surface area contributed by atoms with Crippen molar-refractivity contribution in [2.75, 3.05) is 24.6 Å². The van der Waals surface area contributed by atoms with Crippen LogP contribution in [0.25, 0.3) is 0 Å². The Morgan fingerprint density at radius 2 is 2.55 bits per heavy atom. The van der Waals surface area contributed by atoms with Gasteiger partial charge < -0.3 is 5.11 Å². The minimum Gasteiger partial charge on any atom is -0.480 e. The van der Waals surface area contributed by atoms with Gasteiger partial charge in [0.25, 0.3) is 0 Å². The summed E-state index contributed by atoms with van der Waals surface area (Å²) in [5, 5.41) is 8.54. The molecule has 1 aliphatic rings. The Morgan fingerprint density at radius 1 is 1.82 bits per heavy atom. The molecule has 1 atom stereocenters. The molecule has 0 spiro atoms. The predicted molar refractivity (Wildman–Crippen MR) is 46.0 cm³/mol. The molecule has 3 nitrogen and oxygen atoms in total. The topological polar surface area (TPSA) is 40.5 Å². The molecule has 1 fully saturated rings. The Bertz CT molecular complexity index is 151. The fourth-order valence-electron chi connectivity index (χ4n) is 1.17. The summed E-state index contributed by atoms with van der Waals surface area (Å²) in [6.07, 6.45) is 0. The fourth-order valence-corrected chi connectivity index (χ4v) is 2.25. The van der Waals surface area contributed by atoms with E-state index in [0.29, 0.717) is 6.04 Å². The number of thioether (sulfide) groups is 1. The van der Waals surface area contributed by atoms with Crippen molar-refractivity contribution in [2.24, 2.45) is 0 Å². The van der Waals surface area contributed by atoms with Crippen LogP contribution in [-0.4, -0.2) is 46.6 Å². The maximum absolute atomic E-state index is 10.4. The second-order valence-corrected chi connectivity index (χ2v) is 3.94. The van der Waals surface area contributed by atoms with Crippen LogP contribution >= 0.6 is 11.8 Å². The third-order valence-corrected chi connectivity index (χ3v) is 3.03. The normalized spacial score (nSPS) is 26.8. The summed E-state index contributed by atoms with van der Waals surface area (Å²) in [5.41, 5.74) is 0. The molecule has 0 aromatic heterocycles. The largest absolute Gasteiger partial charge is 0.480 e. The fraction of sp³-hybridized carbons (Fsp3) is 0.857. The summed E-state index contributed by atoms with van der Waals surface area (Å²) >= 11 is 1.90. The van der Waals surface area contributed by atoms with Crippen LogP contribution in [0.4, 0.5) is 0 Å². The third kappa shape index (κ3) is 2.71. The summed E-state index contributed by atoms with van der Waals surface area (Å²) < 4.78 is 0. The first-order valence-electron chi connectivity index (χ1n) is 3.73. The van der Waals surface area contributed by atoms with Crippen molar-refractivity contribution < 1.29 is 9.90 Å². The highest BCUT2D eigenvalue weighted by Gasteiger charge is 2.19. The van der Waals surface area contributed by atoms with E-state index in [1.165, 1.54) is 0 Å². The molecule has 0 amide bonds. The van der Waals surface area contributed by atoms with Crippen molar-refractivity contribution in [3.05, 3.63) is 0 Å². The van der Waals surface area contributed by atoms with E-state index < -0.39 is 5.97 Å². The molecule has 1 heterocycles. The van der Waals surface area contributed by atoms with Gasteiger partial charge in [0.1, 0.15) is 0 Å². The van der Waals surface area contributed by atoms with Gasteiger partial charge in [-0.25, -0.2) is 0 Å². The molecular weight excluding hydrogens is 162 g/mol. The summed E-state index contributed by atoms with van der Waals surface area (Å²) in [5.74, 6) is 1.41. The van der Waals surface area contributed by atoms with E-state index in [1.54, 1.807) is 0 Å². The molecule has 11 heavy (non-hydrogen) atoms. The maximum Gasteiger partial charge on any atom is 0.317 e. The second-order valence-electron chi connectivity index (χ2n) is 2.79. The first kappa shape index (κ1) is 8.87. The van der Waals surface area contributed by atoms with Gasteiger partial charge in [-0.1, -0.05) is 0 Å². The molecule has 0 radical (unpaired) electrons. The summed E-state index contributed by atoms with van der Waals surface area (Å²) in [4.78, 5) is 12.4. The van der Waals surface area contributed by atoms with Crippen molar-refractivity contribution >= 4 is 17.7 Å². The van der Waals surface area contributed by atoms with Gasteiger partial charge in [-0.2, -0.15) is 11.8 Å². The molecule has 1 rings (SSSR count). The number of carbonyl (C=O) groups is 1. The van der Waals surface area contributed by atoms with Crippen LogP contribution in [0.2, 0.25) is 0 Å². The van der Waals surface area contributed by atoms with E-state index in [1.807, 2.05) is 16.7 Å². The van der Waals surface area contributed by atoms with Crippen molar-refractivity contribution in [2.45, 2.75) is 13.0 Å². The van der Waals surface area contributed by atoms with Crippen molar-refractivity contribution in [3.63, 3.8) is 0 Å². The molecule has 64 valence electrons. The zero-order valence-corrected chi connectivity index (χ0v) is 7.43. The van der Waals surface area contributed by atoms with E-state index in [2.05, 4.69) is 6.92 Å². The number of carboxylic acids is 1. The number of hydrogen-bond acceptors (Lipinski definition) is 3. The summed E-state index contributed by atoms with van der Waals surface area (Å²) in [6.45, 7) is 3.19. The van der Waals surface area contributed by atoms with Gasteiger partial charge in [-0.15, -0.1) is 0 Å². The van der Waals surface area contributed by atoms with Crippen LogP contribution in [0.3, 0.4) is 0 Å². The minimum absolute atomic E-state index is 0.196. The van der Waals surface area contributed by atoms with Gasteiger partial charge in [0, 0.05) is 24.1 Å². The highest BCUT2D eigenvalue weighted by Crippen LogP contribution is 2.14. The summed E-state index contributed by atoms with van der Waals surface area (Å²) in [7, 11) is 0. The maximum atomic E-state index is 10.4. The van der Waals surface area contributed by atoms with Crippen LogP contribution in [0.1, 0.15) is 6.92 Å². The van der Waals surface area contributed by atoms with Crippen molar-refractivity contribution in [1.82, 2.24) is 4.90 Å². The Balaban J connectivity index is 2.35. The molecule has 0 saturated carbocycles. The molecule has 0 aromatic rings. The van der Waals surface area contributed by atoms with Gasteiger partial charge in [-0.05, 0) is 6.92 Å². The van der Waals surface area contributed by atoms with Crippen molar-refractivity contribution in [1.29, 1.82) is 0 Å². The van der Waals surface area contributed by atoms with E-state index in [9.17, 15) is 4.79 Å². The zero-order valence-electron chi connectivity index (χ0n) is 6.62. The number of hydrogen-bond donors (Lipinski definition) is 1. The first-order valence-corrected chi connectivity index (χ1v) is 4.89. The predicted octanol–water partition coefficient (Wildman–Crippen LogP) is 0.508. The SMILES string of the molecule is CC1CSCCN1CC(=O)O. The Labute approximate surface area is 70.8 Å². The average molecular weight is 175 g/mol. The van der Waals surface area contributed by atoms with E-state index in [4.69, 9.17) is 5.11 Å². The van der Waals surface area contributed by atoms with Gasteiger partial charge in [0.2, 0.25) is 0 Å². The average Bonchev–Trinajstić information content (AvgIpc) is 1.93. The van der Waals surface area contributed by atoms with E-state index >= 15 is 0 Å². The smallest absolute Gasteiger partial charge is 0.317 e. The van der Waals surface area contributed by atoms with Gasteiger partial charge in [0.15, 0.2) is 0 Å². The minimum atomic E-state index is -0.719. The second kappa shape index (κ2) is 3.97. The molecule has 0 aromatic carbocycles. The molecule has 1 aliphatic heterocycles. The van der Waals surface area contributed by atoms with Crippen LogP contribution in [-0.2, 0) is 4.79 Å². The van der Waals surface area contributed by atoms with Gasteiger partial charge in [-0.3, -0.25) is 9.69 Å². The number of aliphatic carboxylic acids is 1.